The predicted molar refractivity (Wildman–Crippen MR) is 93.9 cm³/mol. The lowest BCUT2D eigenvalue weighted by molar-refractivity contribution is -0.606. The molecule has 2 heterocycles. The molecule has 1 aliphatic rings. The molecule has 24 heavy (non-hydrogen) atoms. The van der Waals surface area contributed by atoms with E-state index in [1.54, 1.807) is 30.6 Å². The molecule has 0 atom stereocenters. The monoisotopic (exact) mass is 403 g/mol. The van der Waals surface area contributed by atoms with Crippen molar-refractivity contribution in [1.82, 2.24) is 0 Å². The Bertz CT molecular complexity index is 846. The van der Waals surface area contributed by atoms with E-state index in [0.717, 1.165) is 9.90 Å². The van der Waals surface area contributed by atoms with Crippen LogP contribution in [0.4, 0.5) is 0 Å². The Morgan fingerprint density at radius 2 is 2.08 bits per heavy atom. The Labute approximate surface area is 158 Å². The minimum Gasteiger partial charge on any atom is -0.462 e. The number of fused-ring (bicyclic) bond motifs is 1. The van der Waals surface area contributed by atoms with Gasteiger partial charge in [-0.1, -0.05) is 29.8 Å². The number of carbonyl (C=O) groups is 2. The van der Waals surface area contributed by atoms with Gasteiger partial charge in [-0.05, 0) is 36.0 Å². The molecule has 0 unspecified atom stereocenters. The number of ether oxygens (including phenoxy) is 1. The molecule has 3 rings (SSSR count). The van der Waals surface area contributed by atoms with Crippen LogP contribution in [0.25, 0.3) is 6.08 Å². The van der Waals surface area contributed by atoms with Crippen molar-refractivity contribution in [3.63, 3.8) is 0 Å². The average Bonchev–Trinajstić information content (AvgIpc) is 3.00. The van der Waals surface area contributed by atoms with Crippen molar-refractivity contribution < 1.29 is 31.3 Å². The van der Waals surface area contributed by atoms with E-state index in [0.29, 0.717) is 27.1 Å². The van der Waals surface area contributed by atoms with E-state index in [9.17, 15) is 9.59 Å². The van der Waals surface area contributed by atoms with Gasteiger partial charge < -0.3 is 4.74 Å². The van der Waals surface area contributed by atoms with Gasteiger partial charge in [0.2, 0.25) is 5.69 Å². The molecule has 0 saturated heterocycles. The minimum absolute atomic E-state index is 0. The lowest BCUT2D eigenvalue weighted by Gasteiger charge is -1.98. The number of carbonyl (C=O) groups excluding carboxylic acids is 2. The van der Waals surface area contributed by atoms with Crippen molar-refractivity contribution >= 4 is 52.7 Å². The maximum absolute atomic E-state index is 12.6. The van der Waals surface area contributed by atoms with E-state index in [2.05, 4.69) is 0 Å². The molecule has 0 aliphatic carbocycles. The highest BCUT2D eigenvalue weighted by atomic mass is 35.5. The molecule has 0 N–H and O–H groups in total. The fraction of sp³-hybridized carbons (Fsp3) is 0.188. The summed E-state index contributed by atoms with van der Waals surface area (Å²) in [4.78, 5) is 25.6. The number of rotatable bonds is 3. The standard InChI is InChI=1S/C16H13ClNO3S2.ClH2/c1-3-21-15(20)13-9(2)18-14(19)12(22-16(18)23-13)8-10-6-4-5-7-11(10)17;/h4-8H,3H2,1-2H3;1H2/q2*+1/b12-8-;. The van der Waals surface area contributed by atoms with Crippen LogP contribution in [-0.2, 0) is 4.74 Å². The molecule has 0 fully saturated rings. The van der Waals surface area contributed by atoms with Crippen LogP contribution in [0.2, 0.25) is 5.02 Å². The molecular formula is C16H15Cl2NO3S2+2. The Kier molecular flexibility index (Phi) is 6.09. The maximum atomic E-state index is 12.6. The van der Waals surface area contributed by atoms with Crippen molar-refractivity contribution in [3.05, 3.63) is 50.3 Å². The highest BCUT2D eigenvalue weighted by Gasteiger charge is 2.43. The zero-order valence-corrected chi connectivity index (χ0v) is 16.2. The molecule has 2 aromatic rings. The summed E-state index contributed by atoms with van der Waals surface area (Å²) in [5.74, 6) is -0.531. The SMILES string of the molecule is CCOC(=O)c1sc2[n+](c1C)C(=O)/C(=C/c1ccccc1Cl)S2.[ClH2+]. The first-order valence-electron chi connectivity index (χ1n) is 6.94. The van der Waals surface area contributed by atoms with Gasteiger partial charge >= 0.3 is 16.2 Å². The second-order valence-corrected chi connectivity index (χ2v) is 7.47. The van der Waals surface area contributed by atoms with Crippen molar-refractivity contribution in [1.29, 1.82) is 0 Å². The summed E-state index contributed by atoms with van der Waals surface area (Å²) >= 11 is 8.76. The number of hydrogen-bond donors (Lipinski definition) is 0. The van der Waals surface area contributed by atoms with Crippen LogP contribution >= 0.6 is 34.7 Å². The number of thioether (sulfide) groups is 1. The number of halogens is 2. The topological polar surface area (TPSA) is 47.2 Å². The first-order valence-corrected chi connectivity index (χ1v) is 8.95. The Hall–Kier alpha value is -1.34. The van der Waals surface area contributed by atoms with Crippen molar-refractivity contribution in [2.24, 2.45) is 0 Å². The molecular weight excluding hydrogens is 389 g/mol. The largest absolute Gasteiger partial charge is 0.462 e. The fourth-order valence-corrected chi connectivity index (χ4v) is 4.81. The molecule has 0 saturated carbocycles. The van der Waals surface area contributed by atoms with E-state index in [-0.39, 0.29) is 24.3 Å². The van der Waals surface area contributed by atoms with Crippen LogP contribution in [0.5, 0.6) is 0 Å². The van der Waals surface area contributed by atoms with Gasteiger partial charge in [-0.3, -0.25) is 0 Å². The molecule has 0 bridgehead atoms. The van der Waals surface area contributed by atoms with Crippen molar-refractivity contribution in [2.45, 2.75) is 18.2 Å². The molecule has 8 heteroatoms. The molecule has 0 amide bonds. The van der Waals surface area contributed by atoms with Crippen LogP contribution in [0.3, 0.4) is 0 Å². The molecule has 1 aromatic carbocycles. The van der Waals surface area contributed by atoms with Gasteiger partial charge in [0, 0.05) is 23.7 Å². The van der Waals surface area contributed by atoms with Crippen LogP contribution in [0, 0.1) is 19.3 Å². The Morgan fingerprint density at radius 3 is 2.71 bits per heavy atom. The van der Waals surface area contributed by atoms with Gasteiger partial charge in [-0.15, -0.1) is 4.57 Å². The van der Waals surface area contributed by atoms with Crippen LogP contribution < -0.4 is 4.57 Å². The summed E-state index contributed by atoms with van der Waals surface area (Å²) in [7, 11) is 0. The fourth-order valence-electron chi connectivity index (χ4n) is 2.21. The number of benzene rings is 1. The number of allylic oxidation sites excluding steroid dienone is 1. The van der Waals surface area contributed by atoms with Crippen LogP contribution in [0.1, 0.15) is 32.6 Å². The molecule has 0 radical (unpaired) electrons. The third-order valence-corrected chi connectivity index (χ3v) is 6.04. The first kappa shape index (κ1) is 19.0. The van der Waals surface area contributed by atoms with Gasteiger partial charge in [0.05, 0.1) is 19.0 Å². The summed E-state index contributed by atoms with van der Waals surface area (Å²) in [6.45, 7) is 3.82. The predicted octanol–water partition coefficient (Wildman–Crippen LogP) is 3.43. The lowest BCUT2D eigenvalue weighted by Crippen LogP contribution is -2.41. The zero-order chi connectivity index (χ0) is 16.6. The third-order valence-electron chi connectivity index (χ3n) is 3.30. The molecule has 4 nitrogen and oxygen atoms in total. The third kappa shape index (κ3) is 3.37. The summed E-state index contributed by atoms with van der Waals surface area (Å²) in [5, 5.41) is 0.595. The van der Waals surface area contributed by atoms with Gasteiger partial charge in [-0.25, -0.2) is 9.59 Å². The molecule has 126 valence electrons. The van der Waals surface area contributed by atoms with E-state index >= 15 is 0 Å². The Balaban J connectivity index is 0.00000208. The number of thiazole rings is 1. The quantitative estimate of drug-likeness (QED) is 0.447. The molecule has 0 spiro atoms. The summed E-state index contributed by atoms with van der Waals surface area (Å²) in [5.41, 5.74) is 1.41. The second kappa shape index (κ2) is 7.70. The summed E-state index contributed by atoms with van der Waals surface area (Å²) in [6.07, 6.45) is 1.78. The number of aromatic nitrogens is 1. The number of esters is 1. The summed E-state index contributed by atoms with van der Waals surface area (Å²) in [6, 6.07) is 7.35. The van der Waals surface area contributed by atoms with Crippen molar-refractivity contribution in [2.75, 3.05) is 6.61 Å². The van der Waals surface area contributed by atoms with Gasteiger partial charge in [0.15, 0.2) is 4.88 Å². The van der Waals surface area contributed by atoms with E-state index < -0.39 is 0 Å². The minimum atomic E-state index is -0.387. The second-order valence-electron chi connectivity index (χ2n) is 4.78. The average molecular weight is 404 g/mol. The Morgan fingerprint density at radius 1 is 1.38 bits per heavy atom. The molecule has 1 aliphatic heterocycles. The van der Waals surface area contributed by atoms with Gasteiger partial charge in [0.1, 0.15) is 4.91 Å². The lowest BCUT2D eigenvalue weighted by atomic mass is 10.2. The van der Waals surface area contributed by atoms with E-state index in [4.69, 9.17) is 16.3 Å². The van der Waals surface area contributed by atoms with Gasteiger partial charge in [-0.2, -0.15) is 0 Å². The number of nitrogens with zero attached hydrogens (tertiary/aromatic N) is 1. The van der Waals surface area contributed by atoms with Crippen LogP contribution in [-0.4, -0.2) is 18.5 Å². The highest BCUT2D eigenvalue weighted by Crippen LogP contribution is 2.38. The molecule has 1 aromatic heterocycles. The first-order chi connectivity index (χ1) is 11.0. The highest BCUT2D eigenvalue weighted by molar-refractivity contribution is 8.05. The zero-order valence-electron chi connectivity index (χ0n) is 12.9. The normalized spacial score (nSPS) is 14.5. The van der Waals surface area contributed by atoms with E-state index in [1.165, 1.54) is 23.1 Å². The van der Waals surface area contributed by atoms with Gasteiger partial charge in [0.25, 0.3) is 0 Å². The van der Waals surface area contributed by atoms with Crippen molar-refractivity contribution in [3.8, 4) is 0 Å². The summed E-state index contributed by atoms with van der Waals surface area (Å²) < 4.78 is 7.34. The number of hydrogen-bond acceptors (Lipinski definition) is 5. The maximum Gasteiger partial charge on any atom is 0.433 e. The smallest absolute Gasteiger partial charge is 0.433 e. The van der Waals surface area contributed by atoms with Crippen LogP contribution in [0.15, 0.2) is 33.5 Å². The van der Waals surface area contributed by atoms with E-state index in [1.807, 2.05) is 18.2 Å².